The highest BCUT2D eigenvalue weighted by molar-refractivity contribution is 6.28. The number of ether oxygens (including phenoxy) is 1. The Hall–Kier alpha value is -1.96. The lowest BCUT2D eigenvalue weighted by Gasteiger charge is -2.01. The minimum absolute atomic E-state index is 0.0327. The van der Waals surface area contributed by atoms with E-state index in [-0.39, 0.29) is 17.3 Å². The minimum Gasteiger partial charge on any atom is -0.387 e. The Kier molecular flexibility index (Phi) is 2.82. The van der Waals surface area contributed by atoms with Gasteiger partial charge in [-0.3, -0.25) is 4.68 Å². The maximum Gasteiger partial charge on any atom is 0.343 e. The zero-order chi connectivity index (χ0) is 11.5. The molecule has 2 aromatic heterocycles. The first-order chi connectivity index (χ1) is 7.67. The van der Waals surface area contributed by atoms with E-state index in [1.807, 2.05) is 0 Å². The van der Waals surface area contributed by atoms with Crippen molar-refractivity contribution in [3.8, 4) is 12.0 Å². The van der Waals surface area contributed by atoms with Crippen LogP contribution in [0.4, 0.5) is 5.95 Å². The van der Waals surface area contributed by atoms with Crippen molar-refractivity contribution in [3.05, 3.63) is 11.6 Å². The smallest absolute Gasteiger partial charge is 0.343 e. The first-order valence-electron chi connectivity index (χ1n) is 4.30. The van der Waals surface area contributed by atoms with Crippen LogP contribution in [-0.2, 0) is 7.05 Å². The molecule has 84 valence electrons. The molecule has 0 spiro atoms. The second-order valence-corrected chi connectivity index (χ2v) is 3.10. The summed E-state index contributed by atoms with van der Waals surface area (Å²) in [7, 11) is 3.38. The van der Waals surface area contributed by atoms with E-state index in [2.05, 4.69) is 30.4 Å². The Labute approximate surface area is 95.7 Å². The van der Waals surface area contributed by atoms with Gasteiger partial charge in [0.05, 0.1) is 0 Å². The lowest BCUT2D eigenvalue weighted by molar-refractivity contribution is 0.404. The van der Waals surface area contributed by atoms with Gasteiger partial charge in [0.15, 0.2) is 0 Å². The van der Waals surface area contributed by atoms with E-state index in [4.69, 9.17) is 16.3 Å². The van der Waals surface area contributed by atoms with Gasteiger partial charge in [0.25, 0.3) is 0 Å². The zero-order valence-corrected chi connectivity index (χ0v) is 9.30. The maximum atomic E-state index is 5.67. The van der Waals surface area contributed by atoms with Crippen molar-refractivity contribution in [1.29, 1.82) is 0 Å². The average molecular weight is 242 g/mol. The predicted molar refractivity (Wildman–Crippen MR) is 55.5 cm³/mol. The molecular weight excluding hydrogens is 234 g/mol. The molecule has 0 unspecified atom stereocenters. The highest BCUT2D eigenvalue weighted by Gasteiger charge is 2.08. The molecule has 2 rings (SSSR count). The number of hydrogen-bond acceptors (Lipinski definition) is 7. The molecule has 0 aromatic carbocycles. The molecule has 0 amide bonds. The summed E-state index contributed by atoms with van der Waals surface area (Å²) >= 11 is 5.67. The van der Waals surface area contributed by atoms with Gasteiger partial charge >= 0.3 is 12.0 Å². The van der Waals surface area contributed by atoms with Crippen molar-refractivity contribution in [2.75, 3.05) is 12.4 Å². The molecule has 8 nitrogen and oxygen atoms in total. The Bertz CT molecular complexity index is 499. The third kappa shape index (κ3) is 2.34. The molecule has 2 aromatic rings. The second kappa shape index (κ2) is 4.27. The van der Waals surface area contributed by atoms with Crippen LogP contribution in [0.3, 0.4) is 0 Å². The Morgan fingerprint density at radius 1 is 1.31 bits per heavy atom. The number of anilines is 1. The summed E-state index contributed by atoms with van der Waals surface area (Å²) in [5.74, 6) is 0.311. The Balaban J connectivity index is 2.24. The van der Waals surface area contributed by atoms with Crippen LogP contribution in [0.5, 0.6) is 12.0 Å². The fourth-order valence-electron chi connectivity index (χ4n) is 0.937. The first kappa shape index (κ1) is 10.6. The molecule has 0 fully saturated rings. The van der Waals surface area contributed by atoms with Gasteiger partial charge in [0, 0.05) is 14.1 Å². The fraction of sp³-hybridized carbons (Fsp3) is 0.286. The van der Waals surface area contributed by atoms with Crippen molar-refractivity contribution in [1.82, 2.24) is 29.7 Å². The van der Waals surface area contributed by atoms with Crippen LogP contribution in [-0.4, -0.2) is 36.8 Å². The van der Waals surface area contributed by atoms with E-state index in [0.29, 0.717) is 5.95 Å². The van der Waals surface area contributed by atoms with Crippen LogP contribution < -0.4 is 10.1 Å². The summed E-state index contributed by atoms with van der Waals surface area (Å²) in [6.45, 7) is 0. The molecule has 2 heterocycles. The molecule has 0 atom stereocenters. The van der Waals surface area contributed by atoms with Gasteiger partial charge in [-0.15, -0.1) is 5.10 Å². The van der Waals surface area contributed by atoms with Crippen molar-refractivity contribution < 1.29 is 4.74 Å². The summed E-state index contributed by atoms with van der Waals surface area (Å²) in [5, 5.41) is 6.67. The maximum absolute atomic E-state index is 5.67. The lowest BCUT2D eigenvalue weighted by atomic mass is 10.9. The molecule has 1 N–H and O–H groups in total. The molecule has 9 heteroatoms. The number of aryl methyl sites for hydroxylation is 1. The molecule has 0 aliphatic carbocycles. The predicted octanol–water partition coefficient (Wildman–Crippen LogP) is 0.487. The molecular formula is C7H8ClN7O. The van der Waals surface area contributed by atoms with Gasteiger partial charge in [-0.05, 0) is 11.6 Å². The topological polar surface area (TPSA) is 90.6 Å². The third-order valence-corrected chi connectivity index (χ3v) is 1.74. The zero-order valence-electron chi connectivity index (χ0n) is 8.55. The minimum atomic E-state index is 0.0327. The van der Waals surface area contributed by atoms with Crippen molar-refractivity contribution in [2.24, 2.45) is 7.05 Å². The van der Waals surface area contributed by atoms with Gasteiger partial charge in [-0.1, -0.05) is 0 Å². The molecule has 0 saturated carbocycles. The van der Waals surface area contributed by atoms with Crippen LogP contribution in [0.25, 0.3) is 0 Å². The number of rotatable bonds is 3. The summed E-state index contributed by atoms with van der Waals surface area (Å²) in [4.78, 5) is 15.4. The van der Waals surface area contributed by atoms with E-state index >= 15 is 0 Å². The molecule has 16 heavy (non-hydrogen) atoms. The second-order valence-electron chi connectivity index (χ2n) is 2.76. The monoisotopic (exact) mass is 241 g/mol. The number of aromatic nitrogens is 6. The van der Waals surface area contributed by atoms with E-state index in [1.54, 1.807) is 14.1 Å². The Morgan fingerprint density at radius 3 is 2.75 bits per heavy atom. The number of halogens is 1. The lowest BCUT2D eigenvalue weighted by Crippen LogP contribution is -2.01. The van der Waals surface area contributed by atoms with Crippen molar-refractivity contribution in [3.63, 3.8) is 0 Å². The number of nitrogens with zero attached hydrogens (tertiary/aromatic N) is 6. The van der Waals surface area contributed by atoms with E-state index < -0.39 is 0 Å². The quantitative estimate of drug-likeness (QED) is 0.836. The molecule has 0 radical (unpaired) electrons. The number of nitrogens with one attached hydrogen (secondary N) is 1. The SMILES string of the molecule is CNc1nc(Cl)nc(Oc2ncn(C)n2)n1. The van der Waals surface area contributed by atoms with E-state index in [0.717, 1.165) is 0 Å². The van der Waals surface area contributed by atoms with Crippen molar-refractivity contribution >= 4 is 17.5 Å². The van der Waals surface area contributed by atoms with Gasteiger partial charge in [0.2, 0.25) is 11.2 Å². The van der Waals surface area contributed by atoms with Gasteiger partial charge in [-0.2, -0.15) is 19.9 Å². The van der Waals surface area contributed by atoms with Gasteiger partial charge in [-0.25, -0.2) is 0 Å². The fourth-order valence-corrected chi connectivity index (χ4v) is 1.09. The molecule has 0 bridgehead atoms. The van der Waals surface area contributed by atoms with E-state index in [9.17, 15) is 0 Å². The van der Waals surface area contributed by atoms with Crippen LogP contribution in [0.2, 0.25) is 5.28 Å². The van der Waals surface area contributed by atoms with E-state index in [1.165, 1.54) is 11.0 Å². The highest BCUT2D eigenvalue weighted by Crippen LogP contribution is 2.15. The van der Waals surface area contributed by atoms with Crippen LogP contribution in [0, 0.1) is 0 Å². The summed E-state index contributed by atoms with van der Waals surface area (Å²) in [5.41, 5.74) is 0. The van der Waals surface area contributed by atoms with Crippen LogP contribution >= 0.6 is 11.6 Å². The summed E-state index contributed by atoms with van der Waals surface area (Å²) < 4.78 is 6.69. The van der Waals surface area contributed by atoms with Crippen LogP contribution in [0.1, 0.15) is 0 Å². The standard InChI is InChI=1S/C7H8ClN7O/c1-9-5-11-4(8)12-7(13-5)16-6-10-3-15(2)14-6/h3H,1-2H3,(H,9,11,12,13). The summed E-state index contributed by atoms with van der Waals surface area (Å²) in [6, 6.07) is 0.183. The van der Waals surface area contributed by atoms with Gasteiger partial charge in [0.1, 0.15) is 6.33 Å². The highest BCUT2D eigenvalue weighted by atomic mass is 35.5. The largest absolute Gasteiger partial charge is 0.387 e. The van der Waals surface area contributed by atoms with Gasteiger partial charge < -0.3 is 10.1 Å². The van der Waals surface area contributed by atoms with Crippen molar-refractivity contribution in [2.45, 2.75) is 0 Å². The number of hydrogen-bond donors (Lipinski definition) is 1. The molecule has 0 aliphatic heterocycles. The third-order valence-electron chi connectivity index (χ3n) is 1.57. The summed E-state index contributed by atoms with van der Waals surface area (Å²) in [6.07, 6.45) is 1.50. The first-order valence-corrected chi connectivity index (χ1v) is 4.68. The Morgan fingerprint density at radius 2 is 2.12 bits per heavy atom. The molecule has 0 saturated heterocycles. The normalized spacial score (nSPS) is 10.2. The average Bonchev–Trinajstić information content (AvgIpc) is 2.63. The van der Waals surface area contributed by atoms with Crippen LogP contribution in [0.15, 0.2) is 6.33 Å². The molecule has 0 aliphatic rings.